The molecule has 98 valence electrons. The standard InChI is InChI=1S/C13H18N2O3/c1-3-15(4-2)9-5-6-10(11(16)7-9)13(18)12(17)8-14/h5-7,12-13,16-18H,3-4H2,1-2H3. The van der Waals surface area contributed by atoms with Crippen LogP contribution >= 0.6 is 0 Å². The third kappa shape index (κ3) is 2.92. The maximum absolute atomic E-state index is 9.84. The molecular formula is C13H18N2O3. The van der Waals surface area contributed by atoms with Gasteiger partial charge in [0.1, 0.15) is 11.9 Å². The van der Waals surface area contributed by atoms with Crippen LogP contribution in [0.5, 0.6) is 5.75 Å². The maximum Gasteiger partial charge on any atom is 0.170 e. The first kappa shape index (κ1) is 14.3. The Morgan fingerprint density at radius 3 is 2.33 bits per heavy atom. The van der Waals surface area contributed by atoms with Crippen molar-refractivity contribution in [3.05, 3.63) is 23.8 Å². The summed E-state index contributed by atoms with van der Waals surface area (Å²) < 4.78 is 0. The average Bonchev–Trinajstić information content (AvgIpc) is 2.38. The lowest BCUT2D eigenvalue weighted by Crippen LogP contribution is -2.22. The van der Waals surface area contributed by atoms with Crippen LogP contribution in [0.25, 0.3) is 0 Å². The Morgan fingerprint density at radius 2 is 1.89 bits per heavy atom. The van der Waals surface area contributed by atoms with E-state index in [0.717, 1.165) is 18.8 Å². The number of benzene rings is 1. The van der Waals surface area contributed by atoms with E-state index in [0.29, 0.717) is 0 Å². The molecule has 5 nitrogen and oxygen atoms in total. The van der Waals surface area contributed by atoms with E-state index >= 15 is 0 Å². The number of nitriles is 1. The molecule has 1 rings (SSSR count). The largest absolute Gasteiger partial charge is 0.507 e. The number of anilines is 1. The number of rotatable bonds is 5. The quantitative estimate of drug-likeness (QED) is 0.682. The van der Waals surface area contributed by atoms with Gasteiger partial charge in [0.2, 0.25) is 0 Å². The molecule has 2 unspecified atom stereocenters. The molecular weight excluding hydrogens is 232 g/mol. The summed E-state index contributed by atoms with van der Waals surface area (Å²) in [5, 5.41) is 37.3. The van der Waals surface area contributed by atoms with Gasteiger partial charge in [-0.2, -0.15) is 5.26 Å². The number of phenolic OH excluding ortho intramolecular Hbond substituents is 1. The predicted molar refractivity (Wildman–Crippen MR) is 68.2 cm³/mol. The van der Waals surface area contributed by atoms with Gasteiger partial charge in [-0.3, -0.25) is 0 Å². The molecule has 0 aliphatic carbocycles. The average molecular weight is 250 g/mol. The van der Waals surface area contributed by atoms with Gasteiger partial charge in [-0.1, -0.05) is 6.07 Å². The summed E-state index contributed by atoms with van der Waals surface area (Å²) in [7, 11) is 0. The molecule has 1 aromatic carbocycles. The second kappa shape index (κ2) is 6.24. The normalized spacial score (nSPS) is 13.7. The molecule has 5 heteroatoms. The number of aromatic hydroxyl groups is 1. The van der Waals surface area contributed by atoms with Gasteiger partial charge in [-0.15, -0.1) is 0 Å². The highest BCUT2D eigenvalue weighted by Gasteiger charge is 2.21. The van der Waals surface area contributed by atoms with Crippen LogP contribution in [0, 0.1) is 11.3 Å². The number of nitrogens with zero attached hydrogens (tertiary/aromatic N) is 2. The molecule has 0 aromatic heterocycles. The highest BCUT2D eigenvalue weighted by Crippen LogP contribution is 2.30. The topological polar surface area (TPSA) is 87.7 Å². The van der Waals surface area contributed by atoms with E-state index in [1.807, 2.05) is 18.7 Å². The zero-order valence-corrected chi connectivity index (χ0v) is 10.5. The Kier molecular flexibility index (Phi) is 4.95. The van der Waals surface area contributed by atoms with Gasteiger partial charge in [0.25, 0.3) is 0 Å². The Balaban J connectivity index is 3.03. The van der Waals surface area contributed by atoms with Gasteiger partial charge < -0.3 is 20.2 Å². The Morgan fingerprint density at radius 1 is 1.28 bits per heavy atom. The molecule has 0 aliphatic heterocycles. The van der Waals surface area contributed by atoms with Crippen LogP contribution in [-0.4, -0.2) is 34.5 Å². The highest BCUT2D eigenvalue weighted by molar-refractivity contribution is 5.54. The monoisotopic (exact) mass is 250 g/mol. The van der Waals surface area contributed by atoms with Gasteiger partial charge >= 0.3 is 0 Å². The molecule has 0 aliphatic rings. The van der Waals surface area contributed by atoms with Gasteiger partial charge in [-0.25, -0.2) is 0 Å². The van der Waals surface area contributed by atoms with E-state index < -0.39 is 12.2 Å². The first-order valence-electron chi connectivity index (χ1n) is 5.88. The third-order valence-corrected chi connectivity index (χ3v) is 2.89. The van der Waals surface area contributed by atoms with E-state index in [1.54, 1.807) is 6.07 Å². The lowest BCUT2D eigenvalue weighted by Gasteiger charge is -2.22. The number of aliphatic hydroxyl groups excluding tert-OH is 2. The number of phenols is 1. The zero-order valence-electron chi connectivity index (χ0n) is 10.5. The summed E-state index contributed by atoms with van der Waals surface area (Å²) >= 11 is 0. The van der Waals surface area contributed by atoms with E-state index in [1.165, 1.54) is 18.2 Å². The minimum atomic E-state index is -1.55. The summed E-state index contributed by atoms with van der Waals surface area (Å²) in [5.74, 6) is -0.124. The second-order valence-corrected chi connectivity index (χ2v) is 3.93. The molecule has 0 bridgehead atoms. The van der Waals surface area contributed by atoms with Gasteiger partial charge in [-0.05, 0) is 19.9 Å². The van der Waals surface area contributed by atoms with Crippen LogP contribution in [0.15, 0.2) is 18.2 Å². The molecule has 0 amide bonds. The van der Waals surface area contributed by atoms with Crippen LogP contribution in [-0.2, 0) is 0 Å². The molecule has 0 saturated carbocycles. The number of hydrogen-bond donors (Lipinski definition) is 3. The lowest BCUT2D eigenvalue weighted by molar-refractivity contribution is 0.0511. The van der Waals surface area contributed by atoms with Crippen LogP contribution in [0.1, 0.15) is 25.5 Å². The van der Waals surface area contributed by atoms with Crippen LogP contribution in [0.3, 0.4) is 0 Å². The Labute approximate surface area is 107 Å². The SMILES string of the molecule is CCN(CC)c1ccc(C(O)C(O)C#N)c(O)c1. The zero-order chi connectivity index (χ0) is 13.7. The third-order valence-electron chi connectivity index (χ3n) is 2.89. The summed E-state index contributed by atoms with van der Waals surface area (Å²) in [4.78, 5) is 2.04. The van der Waals surface area contributed by atoms with Crippen molar-refractivity contribution in [2.75, 3.05) is 18.0 Å². The molecule has 0 spiro atoms. The van der Waals surface area contributed by atoms with Crippen molar-refractivity contribution >= 4 is 5.69 Å². The first-order chi connectivity index (χ1) is 8.54. The predicted octanol–water partition coefficient (Wildman–Crippen LogP) is 1.16. The highest BCUT2D eigenvalue weighted by atomic mass is 16.3. The van der Waals surface area contributed by atoms with Crippen molar-refractivity contribution in [1.82, 2.24) is 0 Å². The Hall–Kier alpha value is -1.77. The molecule has 0 saturated heterocycles. The summed E-state index contributed by atoms with van der Waals surface area (Å²) in [6.45, 7) is 5.61. The van der Waals surface area contributed by atoms with Crippen LogP contribution < -0.4 is 4.90 Å². The van der Waals surface area contributed by atoms with Crippen LogP contribution in [0.4, 0.5) is 5.69 Å². The fourth-order valence-corrected chi connectivity index (χ4v) is 1.81. The summed E-state index contributed by atoms with van der Waals surface area (Å²) in [5.41, 5.74) is 0.986. The molecule has 2 atom stereocenters. The van der Waals surface area contributed by atoms with Crippen molar-refractivity contribution in [2.24, 2.45) is 0 Å². The molecule has 3 N–H and O–H groups in total. The summed E-state index contributed by atoms with van der Waals surface area (Å²) in [6, 6.07) is 6.33. The van der Waals surface area contributed by atoms with Crippen molar-refractivity contribution in [3.8, 4) is 11.8 Å². The van der Waals surface area contributed by atoms with Crippen molar-refractivity contribution in [1.29, 1.82) is 5.26 Å². The number of hydrogen-bond acceptors (Lipinski definition) is 5. The summed E-state index contributed by atoms with van der Waals surface area (Å²) in [6.07, 6.45) is -2.95. The minimum Gasteiger partial charge on any atom is -0.507 e. The lowest BCUT2D eigenvalue weighted by atomic mass is 10.0. The molecule has 1 aromatic rings. The second-order valence-electron chi connectivity index (χ2n) is 3.93. The van der Waals surface area contributed by atoms with Gasteiger partial charge in [0, 0.05) is 30.4 Å². The van der Waals surface area contributed by atoms with Gasteiger partial charge in [0.05, 0.1) is 6.07 Å². The van der Waals surface area contributed by atoms with E-state index in [9.17, 15) is 15.3 Å². The minimum absolute atomic E-state index is 0.124. The molecule has 0 radical (unpaired) electrons. The molecule has 0 fully saturated rings. The Bertz CT molecular complexity index is 438. The van der Waals surface area contributed by atoms with Gasteiger partial charge in [0.15, 0.2) is 6.10 Å². The molecule has 0 heterocycles. The molecule has 18 heavy (non-hydrogen) atoms. The van der Waals surface area contributed by atoms with Crippen molar-refractivity contribution < 1.29 is 15.3 Å². The van der Waals surface area contributed by atoms with E-state index in [-0.39, 0.29) is 11.3 Å². The smallest absolute Gasteiger partial charge is 0.170 e. The van der Waals surface area contributed by atoms with Crippen LogP contribution in [0.2, 0.25) is 0 Å². The number of aliphatic hydroxyl groups is 2. The fraction of sp³-hybridized carbons (Fsp3) is 0.462. The van der Waals surface area contributed by atoms with Crippen molar-refractivity contribution in [3.63, 3.8) is 0 Å². The fourth-order valence-electron chi connectivity index (χ4n) is 1.81. The van der Waals surface area contributed by atoms with Crippen molar-refractivity contribution in [2.45, 2.75) is 26.1 Å². The first-order valence-corrected chi connectivity index (χ1v) is 5.88. The van der Waals surface area contributed by atoms with E-state index in [4.69, 9.17) is 5.26 Å². The maximum atomic E-state index is 9.84. The van der Waals surface area contributed by atoms with E-state index in [2.05, 4.69) is 0 Å².